The third-order valence-corrected chi connectivity index (χ3v) is 6.53. The Morgan fingerprint density at radius 1 is 1.17 bits per heavy atom. The summed E-state index contributed by atoms with van der Waals surface area (Å²) in [5, 5.41) is 1.08. The predicted molar refractivity (Wildman–Crippen MR) is 115 cm³/mol. The highest BCUT2D eigenvalue weighted by Gasteiger charge is 2.40. The number of carbonyl (C=O) groups is 1. The molecule has 9 heteroatoms. The Hall–Kier alpha value is -1.44. The minimum absolute atomic E-state index is 0.0377. The van der Waals surface area contributed by atoms with Crippen LogP contribution in [0.15, 0.2) is 42.5 Å². The van der Waals surface area contributed by atoms with Gasteiger partial charge in [-0.1, -0.05) is 45.2 Å². The van der Waals surface area contributed by atoms with Crippen molar-refractivity contribution in [1.82, 2.24) is 4.90 Å². The molecule has 3 nitrogen and oxygen atoms in total. The number of ether oxygens (including phenoxy) is 1. The van der Waals surface area contributed by atoms with E-state index in [1.54, 1.807) is 17.0 Å². The van der Waals surface area contributed by atoms with Gasteiger partial charge in [-0.05, 0) is 48.9 Å². The predicted octanol–water partition coefficient (Wildman–Crippen LogP) is 6.42. The summed E-state index contributed by atoms with van der Waals surface area (Å²) in [4.78, 5) is 14.0. The number of carbonyl (C=O) groups excluding carboxylic acids is 1. The van der Waals surface area contributed by atoms with Gasteiger partial charge < -0.3 is 9.64 Å². The monoisotopic (exact) mass is 523 g/mol. The van der Waals surface area contributed by atoms with Crippen molar-refractivity contribution in [3.63, 3.8) is 0 Å². The van der Waals surface area contributed by atoms with Crippen LogP contribution < -0.4 is 4.74 Å². The molecule has 0 saturated carbocycles. The van der Waals surface area contributed by atoms with Crippen LogP contribution in [0, 0.1) is 5.92 Å². The molecule has 1 aliphatic heterocycles. The molecule has 1 heterocycles. The lowest BCUT2D eigenvalue weighted by Gasteiger charge is -2.26. The summed E-state index contributed by atoms with van der Waals surface area (Å²) in [7, 11) is 0. The van der Waals surface area contributed by atoms with Gasteiger partial charge in [0.2, 0.25) is 5.91 Å². The zero-order chi connectivity index (χ0) is 22.1. The number of hydrogen-bond donors (Lipinski definition) is 0. The molecule has 0 aromatic heterocycles. The number of alkyl halides is 4. The molecular weight excluding hydrogens is 506 g/mol. The molecule has 0 radical (unpaired) electrons. The maximum absolute atomic E-state index is 12.8. The summed E-state index contributed by atoms with van der Waals surface area (Å²) < 4.78 is 44.3. The molecule has 3 atom stereocenters. The van der Waals surface area contributed by atoms with Gasteiger partial charge in [0.05, 0.1) is 20.9 Å². The summed E-state index contributed by atoms with van der Waals surface area (Å²) >= 11 is 15.4. The average molecular weight is 525 g/mol. The molecule has 1 aliphatic rings. The van der Waals surface area contributed by atoms with E-state index in [4.69, 9.17) is 27.9 Å². The van der Waals surface area contributed by atoms with Gasteiger partial charge in [0, 0.05) is 24.9 Å². The highest BCUT2D eigenvalue weighted by Crippen LogP contribution is 2.39. The van der Waals surface area contributed by atoms with Gasteiger partial charge in [0.1, 0.15) is 11.9 Å². The zero-order valence-corrected chi connectivity index (χ0v) is 19.0. The van der Waals surface area contributed by atoms with E-state index in [0.717, 1.165) is 17.7 Å². The first-order valence-electron chi connectivity index (χ1n) is 9.22. The maximum atomic E-state index is 12.8. The summed E-state index contributed by atoms with van der Waals surface area (Å²) in [5.41, 5.74) is 0.202. The second kappa shape index (κ2) is 9.37. The highest BCUT2D eigenvalue weighted by molar-refractivity contribution is 9.09. The number of likely N-dealkylation sites (tertiary alicyclic amines) is 1. The van der Waals surface area contributed by atoms with Gasteiger partial charge in [-0.25, -0.2) is 0 Å². The van der Waals surface area contributed by atoms with Crippen LogP contribution in [0.25, 0.3) is 0 Å². The number of rotatable bonds is 5. The highest BCUT2D eigenvalue weighted by atomic mass is 79.9. The molecule has 0 spiro atoms. The Morgan fingerprint density at radius 3 is 2.40 bits per heavy atom. The first kappa shape index (κ1) is 23.2. The lowest BCUT2D eigenvalue weighted by atomic mass is 9.85. The largest absolute Gasteiger partial charge is 0.490 e. The summed E-state index contributed by atoms with van der Waals surface area (Å²) in [6.45, 7) is 2.82. The number of halogens is 6. The van der Waals surface area contributed by atoms with Crippen LogP contribution >= 0.6 is 39.1 Å². The minimum atomic E-state index is -4.40. The van der Waals surface area contributed by atoms with E-state index in [0.29, 0.717) is 28.9 Å². The van der Waals surface area contributed by atoms with Crippen LogP contribution in [0.2, 0.25) is 10.0 Å². The fourth-order valence-electron chi connectivity index (χ4n) is 3.71. The number of amides is 1. The summed E-state index contributed by atoms with van der Waals surface area (Å²) in [5.74, 6) is 0.178. The third kappa shape index (κ3) is 5.24. The van der Waals surface area contributed by atoms with Crippen molar-refractivity contribution in [2.45, 2.75) is 25.1 Å². The van der Waals surface area contributed by atoms with Crippen LogP contribution in [0.4, 0.5) is 13.2 Å². The van der Waals surface area contributed by atoms with Crippen LogP contribution in [0.1, 0.15) is 24.0 Å². The number of benzene rings is 2. The molecular formula is C21H19BrCl2F3NO2. The molecule has 2 unspecified atom stereocenters. The Bertz CT molecular complexity index is 908. The van der Waals surface area contributed by atoms with Crippen molar-refractivity contribution in [2.75, 3.05) is 18.4 Å². The molecule has 1 amide bonds. The Labute approximate surface area is 191 Å². The number of nitrogens with zero attached hydrogens (tertiary/aromatic N) is 1. The van der Waals surface area contributed by atoms with Crippen LogP contribution in [-0.2, 0) is 11.0 Å². The normalized spacial score (nSPS) is 20.3. The van der Waals surface area contributed by atoms with E-state index >= 15 is 0 Å². The van der Waals surface area contributed by atoms with Crippen LogP contribution in [-0.4, -0.2) is 35.3 Å². The molecule has 0 bridgehead atoms. The lowest BCUT2D eigenvalue weighted by molar-refractivity contribution is -0.137. The van der Waals surface area contributed by atoms with Gasteiger partial charge >= 0.3 is 6.18 Å². The first-order chi connectivity index (χ1) is 14.1. The van der Waals surface area contributed by atoms with Gasteiger partial charge in [0.15, 0.2) is 0 Å². The molecule has 1 fully saturated rings. The van der Waals surface area contributed by atoms with Crippen molar-refractivity contribution in [3.8, 4) is 5.75 Å². The average Bonchev–Trinajstić information content (AvgIpc) is 3.15. The fraction of sp³-hybridized carbons (Fsp3) is 0.381. The molecule has 30 heavy (non-hydrogen) atoms. The maximum Gasteiger partial charge on any atom is 0.416 e. The SMILES string of the molecule is CC(Oc1ccc(C(F)(F)F)cc1)C1CN(C(=O)CBr)C[C@H]1c1ccc(Cl)c(Cl)c1. The molecule has 0 aliphatic carbocycles. The third-order valence-electron chi connectivity index (χ3n) is 5.31. The molecule has 0 N–H and O–H groups in total. The van der Waals surface area contributed by atoms with E-state index in [1.807, 2.05) is 13.0 Å². The summed E-state index contributed by atoms with van der Waals surface area (Å²) in [6.07, 6.45) is -4.75. The molecule has 162 valence electrons. The van der Waals surface area contributed by atoms with E-state index in [9.17, 15) is 18.0 Å². The molecule has 1 saturated heterocycles. The van der Waals surface area contributed by atoms with Crippen molar-refractivity contribution in [3.05, 3.63) is 63.6 Å². The number of hydrogen-bond acceptors (Lipinski definition) is 2. The quantitative estimate of drug-likeness (QED) is 0.422. The topological polar surface area (TPSA) is 29.5 Å². The second-order valence-electron chi connectivity index (χ2n) is 7.22. The second-order valence-corrected chi connectivity index (χ2v) is 8.60. The van der Waals surface area contributed by atoms with E-state index in [2.05, 4.69) is 15.9 Å². The Balaban J connectivity index is 1.82. The first-order valence-corrected chi connectivity index (χ1v) is 11.1. The minimum Gasteiger partial charge on any atom is -0.490 e. The molecule has 2 aromatic rings. The van der Waals surface area contributed by atoms with Gasteiger partial charge in [-0.3, -0.25) is 4.79 Å². The van der Waals surface area contributed by atoms with Crippen molar-refractivity contribution in [1.29, 1.82) is 0 Å². The van der Waals surface area contributed by atoms with Gasteiger partial charge in [0.25, 0.3) is 0 Å². The summed E-state index contributed by atoms with van der Waals surface area (Å²) in [6, 6.07) is 9.98. The Morgan fingerprint density at radius 2 is 1.83 bits per heavy atom. The van der Waals surface area contributed by atoms with Crippen molar-refractivity contribution >= 4 is 45.0 Å². The standard InChI is InChI=1S/C21H19BrCl2F3NO2/c1-12(30-15-5-3-14(4-6-15)21(25,26)27)16-10-28(20(29)9-22)11-17(16)13-2-7-18(23)19(24)8-13/h2-8,12,16-17H,9-11H2,1H3/t12?,16?,17-/m0/s1. The van der Waals surface area contributed by atoms with E-state index in [1.165, 1.54) is 12.1 Å². The Kier molecular flexibility index (Phi) is 7.25. The zero-order valence-electron chi connectivity index (χ0n) is 15.9. The molecule has 2 aromatic carbocycles. The van der Waals surface area contributed by atoms with E-state index in [-0.39, 0.29) is 29.2 Å². The van der Waals surface area contributed by atoms with Crippen LogP contribution in [0.5, 0.6) is 5.75 Å². The fourth-order valence-corrected chi connectivity index (χ4v) is 4.37. The van der Waals surface area contributed by atoms with Gasteiger partial charge in [-0.2, -0.15) is 13.2 Å². The van der Waals surface area contributed by atoms with Crippen molar-refractivity contribution < 1.29 is 22.7 Å². The van der Waals surface area contributed by atoms with Crippen LogP contribution in [0.3, 0.4) is 0 Å². The van der Waals surface area contributed by atoms with Crippen molar-refractivity contribution in [2.24, 2.45) is 5.92 Å². The van der Waals surface area contributed by atoms with E-state index < -0.39 is 11.7 Å². The van der Waals surface area contributed by atoms with Gasteiger partial charge in [-0.15, -0.1) is 0 Å². The molecule has 3 rings (SSSR count). The smallest absolute Gasteiger partial charge is 0.416 e. The lowest BCUT2D eigenvalue weighted by Crippen LogP contribution is -2.32.